The smallest absolute Gasteiger partial charge is 0.480 e. The lowest BCUT2D eigenvalue weighted by atomic mass is 9.82. The lowest BCUT2D eigenvalue weighted by molar-refractivity contribution is -0.192. The average molecular weight is 928 g/mol. The number of halogens is 5. The molecule has 1 aromatic heterocycles. The van der Waals surface area contributed by atoms with Crippen molar-refractivity contribution in [2.75, 3.05) is 38.5 Å². The number of thioether (sulfide) groups is 1. The number of nitrogens with two attached hydrogens (primary N) is 2. The Morgan fingerprint density at radius 2 is 1.56 bits per heavy atom. The summed E-state index contributed by atoms with van der Waals surface area (Å²) in [5.41, 5.74) is 12.9. The van der Waals surface area contributed by atoms with Crippen LogP contribution in [0.1, 0.15) is 50.9 Å². The number of aliphatic hydroxyl groups is 1. The van der Waals surface area contributed by atoms with E-state index in [2.05, 4.69) is 10.6 Å². The van der Waals surface area contributed by atoms with Gasteiger partial charge >= 0.3 is 18.1 Å². The van der Waals surface area contributed by atoms with Crippen molar-refractivity contribution in [3.8, 4) is 11.1 Å². The van der Waals surface area contributed by atoms with Gasteiger partial charge in [0.2, 0.25) is 29.5 Å². The van der Waals surface area contributed by atoms with E-state index in [1.165, 1.54) is 4.90 Å². The minimum Gasteiger partial charge on any atom is -0.480 e. The zero-order chi connectivity index (χ0) is 48.1. The molecule has 3 unspecified atom stereocenters. The Balaban J connectivity index is 0.00000143. The third-order valence-corrected chi connectivity index (χ3v) is 10.9. The molecule has 1 saturated heterocycles. The van der Waals surface area contributed by atoms with Gasteiger partial charge in [0.15, 0.2) is 0 Å². The first-order valence-electron chi connectivity index (χ1n) is 19.5. The summed E-state index contributed by atoms with van der Waals surface area (Å²) in [7, 11) is 0. The fraction of sp³-hybridized carbons (Fsp3) is 0.439. The van der Waals surface area contributed by atoms with Gasteiger partial charge in [-0.2, -0.15) is 13.2 Å². The van der Waals surface area contributed by atoms with Gasteiger partial charge in [-0.25, -0.2) is 13.6 Å². The number of carboxylic acid groups (broad SMARTS) is 2. The number of alkyl halides is 3. The van der Waals surface area contributed by atoms with Crippen LogP contribution < -0.4 is 22.1 Å². The molecule has 0 aliphatic carbocycles. The van der Waals surface area contributed by atoms with Gasteiger partial charge < -0.3 is 46.9 Å². The Morgan fingerprint density at radius 1 is 0.938 bits per heavy atom. The van der Waals surface area contributed by atoms with Crippen molar-refractivity contribution >= 4 is 53.2 Å². The Morgan fingerprint density at radius 3 is 2.14 bits per heavy atom. The van der Waals surface area contributed by atoms with E-state index in [1.807, 2.05) is 55.7 Å². The van der Waals surface area contributed by atoms with E-state index < -0.39 is 101 Å². The predicted octanol–water partition coefficient (Wildman–Crippen LogP) is 2.25. The Bertz CT molecular complexity index is 2150. The van der Waals surface area contributed by atoms with E-state index in [-0.39, 0.29) is 43.8 Å². The summed E-state index contributed by atoms with van der Waals surface area (Å²) in [6.07, 6.45) is -3.61. The van der Waals surface area contributed by atoms with Crippen LogP contribution in [0, 0.1) is 17.0 Å². The summed E-state index contributed by atoms with van der Waals surface area (Å²) in [5, 5.41) is 30.4. The van der Waals surface area contributed by atoms with Crippen LogP contribution in [0.2, 0.25) is 0 Å². The summed E-state index contributed by atoms with van der Waals surface area (Å²) < 4.78 is 62.9. The number of rotatable bonds is 19. The third-order valence-electron chi connectivity index (χ3n) is 9.54. The first-order valence-corrected chi connectivity index (χ1v) is 20.5. The van der Waals surface area contributed by atoms with Crippen LogP contribution in [0.3, 0.4) is 0 Å². The molecule has 5 amide bonds. The number of likely N-dealkylation sites (tertiary alicyclic amines) is 1. The molecule has 350 valence electrons. The van der Waals surface area contributed by atoms with Gasteiger partial charge in [-0.05, 0) is 41.7 Å². The number of nitrogens with zero attached hydrogens (tertiary/aromatic N) is 3. The lowest BCUT2D eigenvalue weighted by Crippen LogP contribution is -2.48. The number of aliphatic carboxylic acids is 2. The van der Waals surface area contributed by atoms with Gasteiger partial charge in [0.1, 0.15) is 30.8 Å². The van der Waals surface area contributed by atoms with Gasteiger partial charge in [0.05, 0.1) is 17.3 Å². The van der Waals surface area contributed by atoms with Crippen LogP contribution >= 0.6 is 11.8 Å². The van der Waals surface area contributed by atoms with Gasteiger partial charge in [-0.15, -0.1) is 11.8 Å². The van der Waals surface area contributed by atoms with Crippen molar-refractivity contribution in [2.45, 2.75) is 69.7 Å². The normalized spacial score (nSPS) is 15.4. The van der Waals surface area contributed by atoms with Crippen LogP contribution in [-0.4, -0.2) is 133 Å². The number of carbonyl (C=O) groups is 7. The minimum atomic E-state index is -5.08. The highest BCUT2D eigenvalue weighted by Gasteiger charge is 2.41. The number of aliphatic hydroxyl groups excluding tert-OH is 1. The molecule has 0 radical (unpaired) electrons. The number of amides is 5. The number of benzene rings is 2. The van der Waals surface area contributed by atoms with Crippen molar-refractivity contribution in [1.29, 1.82) is 0 Å². The molecule has 4 atom stereocenters. The fourth-order valence-electron chi connectivity index (χ4n) is 6.47. The molecule has 0 bridgehead atoms. The van der Waals surface area contributed by atoms with E-state index in [0.717, 1.165) is 40.4 Å². The summed E-state index contributed by atoms with van der Waals surface area (Å²) in [6, 6.07) is 11.2. The quantitative estimate of drug-likeness (QED) is 0.0518. The first kappa shape index (κ1) is 52.4. The maximum absolute atomic E-state index is 15.0. The second-order valence-corrected chi connectivity index (χ2v) is 16.8. The standard InChI is InChI=1S/C39H49F2N7O8S.C2HF3O2/c1-39(2,3)35(30-15-24(26-16-25(40)9-10-27(26)41)19-46(30)18-23-7-5-4-6-8-23)47(34(52)21-49)14-11-28(42)36(53)45-13-12-44-32(50)20-48-33(51)17-31(37(48)54)57-22-29(43)38(55)56;3-2(4,5)1(6)7/h4-10,15-16,19,28-29,31,35,49H,11-14,17-18,20-22,42-43H2,1-3H3,(H,44,50)(H,45,53)(H,55,56);(H,6,7)/t28?,29-,31?,35?;/m0./s1. The number of hydrogen-bond acceptors (Lipinski definition) is 11. The van der Waals surface area contributed by atoms with Crippen LogP contribution in [0.5, 0.6) is 0 Å². The van der Waals surface area contributed by atoms with Crippen molar-refractivity contribution in [3.63, 3.8) is 0 Å². The van der Waals surface area contributed by atoms with E-state index in [0.29, 0.717) is 17.8 Å². The lowest BCUT2D eigenvalue weighted by Gasteiger charge is -2.41. The summed E-state index contributed by atoms with van der Waals surface area (Å²) >= 11 is 0.934. The second-order valence-electron chi connectivity index (χ2n) is 15.5. The molecule has 17 nitrogen and oxygen atoms in total. The maximum Gasteiger partial charge on any atom is 0.490 e. The molecule has 0 spiro atoms. The Kier molecular flexibility index (Phi) is 19.0. The summed E-state index contributed by atoms with van der Waals surface area (Å²) in [6.45, 7) is 4.43. The molecule has 2 aromatic carbocycles. The van der Waals surface area contributed by atoms with E-state index >= 15 is 4.39 Å². The molecular weight excluding hydrogens is 878 g/mol. The highest BCUT2D eigenvalue weighted by atomic mass is 32.2. The summed E-state index contributed by atoms with van der Waals surface area (Å²) in [4.78, 5) is 86.0. The second kappa shape index (κ2) is 23.1. The molecule has 2 heterocycles. The number of aromatic nitrogens is 1. The zero-order valence-electron chi connectivity index (χ0n) is 34.9. The average Bonchev–Trinajstić information content (AvgIpc) is 3.74. The van der Waals surface area contributed by atoms with Crippen molar-refractivity contribution in [1.82, 2.24) is 25.0 Å². The minimum absolute atomic E-state index is 0.0307. The zero-order valence-corrected chi connectivity index (χ0v) is 35.8. The largest absolute Gasteiger partial charge is 0.490 e. The fourth-order valence-corrected chi connectivity index (χ4v) is 7.58. The Hall–Kier alpha value is -5.91. The van der Waals surface area contributed by atoms with Gasteiger partial charge in [-0.3, -0.25) is 33.7 Å². The predicted molar refractivity (Wildman–Crippen MR) is 222 cm³/mol. The molecular formula is C41H50F5N7O10S. The van der Waals surface area contributed by atoms with Crippen LogP contribution in [-0.2, 0) is 40.1 Å². The topological polar surface area (TPSA) is 268 Å². The SMILES string of the molecule is CC(C)(C)C(c1cc(-c2cc(F)ccc2F)cn1Cc1ccccc1)N(CCC(N)C(=O)NCCNC(=O)CN1C(=O)CC(SC[C@H](N)C(=O)O)C1=O)C(=O)CO.O=C(O)C(F)(F)F. The highest BCUT2D eigenvalue weighted by molar-refractivity contribution is 8.00. The molecule has 3 aromatic rings. The van der Waals surface area contributed by atoms with Crippen LogP contribution in [0.4, 0.5) is 22.0 Å². The van der Waals surface area contributed by atoms with Crippen LogP contribution in [0.15, 0.2) is 60.8 Å². The first-order chi connectivity index (χ1) is 29.8. The number of carboxylic acids is 2. The molecule has 23 heteroatoms. The van der Waals surface area contributed by atoms with Gasteiger partial charge in [0.25, 0.3) is 0 Å². The molecule has 1 aliphatic rings. The molecule has 1 aliphatic heterocycles. The highest BCUT2D eigenvalue weighted by Crippen LogP contribution is 2.41. The molecule has 64 heavy (non-hydrogen) atoms. The number of carbonyl (C=O) groups excluding carboxylic acids is 5. The third kappa shape index (κ3) is 15.1. The van der Waals surface area contributed by atoms with E-state index in [4.69, 9.17) is 26.5 Å². The van der Waals surface area contributed by atoms with E-state index in [1.54, 1.807) is 12.3 Å². The number of hydrogen-bond donors (Lipinski definition) is 7. The molecule has 0 saturated carbocycles. The Labute approximate surface area is 368 Å². The number of imide groups is 1. The number of nitrogens with one attached hydrogen (secondary N) is 2. The monoisotopic (exact) mass is 927 g/mol. The van der Waals surface area contributed by atoms with Crippen molar-refractivity contribution in [3.05, 3.63) is 83.7 Å². The maximum atomic E-state index is 15.0. The van der Waals surface area contributed by atoms with Crippen molar-refractivity contribution < 1.29 is 70.8 Å². The molecule has 1 fully saturated rings. The van der Waals surface area contributed by atoms with Crippen molar-refractivity contribution in [2.24, 2.45) is 16.9 Å². The summed E-state index contributed by atoms with van der Waals surface area (Å²) in [5.74, 6) is -8.42. The molecule has 4 rings (SSSR count). The molecule has 9 N–H and O–H groups in total. The van der Waals surface area contributed by atoms with Gasteiger partial charge in [-0.1, -0.05) is 51.1 Å². The van der Waals surface area contributed by atoms with Crippen LogP contribution in [0.25, 0.3) is 11.1 Å². The van der Waals surface area contributed by atoms with E-state index in [9.17, 15) is 51.4 Å². The van der Waals surface area contributed by atoms with Gasteiger partial charge in [0, 0.05) is 61.4 Å².